The van der Waals surface area contributed by atoms with Crippen molar-refractivity contribution in [3.05, 3.63) is 59.7 Å². The maximum absolute atomic E-state index is 4.31. The zero-order chi connectivity index (χ0) is 19.3. The van der Waals surface area contributed by atoms with Crippen molar-refractivity contribution in [3.63, 3.8) is 0 Å². The van der Waals surface area contributed by atoms with Gasteiger partial charge in [-0.25, -0.2) is 4.98 Å². The summed E-state index contributed by atoms with van der Waals surface area (Å²) in [4.78, 5) is 8.04. The molecule has 1 saturated heterocycles. The first-order valence-corrected chi connectivity index (χ1v) is 10.4. The predicted molar refractivity (Wildman–Crippen MR) is 116 cm³/mol. The molecule has 28 heavy (non-hydrogen) atoms. The Morgan fingerprint density at radius 1 is 1.11 bits per heavy atom. The summed E-state index contributed by atoms with van der Waals surface area (Å²) in [5.74, 6) is 1.13. The predicted octanol–water partition coefficient (Wildman–Crippen LogP) is 5.38. The van der Waals surface area contributed by atoms with E-state index in [1.807, 2.05) is 12.5 Å². The molecule has 4 nitrogen and oxygen atoms in total. The van der Waals surface area contributed by atoms with Crippen LogP contribution in [0.15, 0.2) is 42.9 Å². The number of aryl methyl sites for hydroxylation is 1. The van der Waals surface area contributed by atoms with Crippen molar-refractivity contribution in [2.24, 2.45) is 0 Å². The molecule has 1 aliphatic heterocycles. The van der Waals surface area contributed by atoms with E-state index < -0.39 is 0 Å². The van der Waals surface area contributed by atoms with Crippen molar-refractivity contribution < 1.29 is 0 Å². The molecule has 0 spiro atoms. The topological polar surface area (TPSA) is 45.1 Å². The fourth-order valence-electron chi connectivity index (χ4n) is 4.81. The van der Waals surface area contributed by atoms with Gasteiger partial charge in [-0.15, -0.1) is 0 Å². The molecule has 0 aliphatic carbocycles. The number of benzene rings is 1. The Kier molecular flexibility index (Phi) is 4.24. The fourth-order valence-corrected chi connectivity index (χ4v) is 4.81. The number of nitrogens with zero attached hydrogens (tertiary/aromatic N) is 2. The Morgan fingerprint density at radius 2 is 1.93 bits per heavy atom. The Balaban J connectivity index is 1.68. The maximum atomic E-state index is 4.31. The Bertz CT molecular complexity index is 1140. The van der Waals surface area contributed by atoms with Gasteiger partial charge >= 0.3 is 0 Å². The van der Waals surface area contributed by atoms with Crippen LogP contribution in [0.4, 0.5) is 0 Å². The van der Waals surface area contributed by atoms with Crippen LogP contribution in [0.2, 0.25) is 0 Å². The molecule has 3 aromatic heterocycles. The lowest BCUT2D eigenvalue weighted by atomic mass is 9.88. The average Bonchev–Trinajstić information content (AvgIpc) is 3.32. The third kappa shape index (κ3) is 2.83. The van der Waals surface area contributed by atoms with Gasteiger partial charge in [0.2, 0.25) is 0 Å². The highest BCUT2D eigenvalue weighted by atomic mass is 15.0. The zero-order valence-corrected chi connectivity index (χ0v) is 16.9. The second-order valence-electron chi connectivity index (χ2n) is 8.47. The maximum Gasteiger partial charge on any atom is 0.0994 e. The molecule has 1 fully saturated rings. The van der Waals surface area contributed by atoms with Crippen molar-refractivity contribution in [1.29, 1.82) is 0 Å². The smallest absolute Gasteiger partial charge is 0.0994 e. The summed E-state index contributed by atoms with van der Waals surface area (Å²) >= 11 is 0. The van der Waals surface area contributed by atoms with Crippen LogP contribution in [0.3, 0.4) is 0 Å². The van der Waals surface area contributed by atoms with Gasteiger partial charge in [0.15, 0.2) is 0 Å². The van der Waals surface area contributed by atoms with E-state index in [0.717, 1.165) is 18.6 Å². The molecule has 144 valence electrons. The summed E-state index contributed by atoms with van der Waals surface area (Å²) in [6.07, 6.45) is 6.28. The normalized spacial score (nSPS) is 15.9. The summed E-state index contributed by atoms with van der Waals surface area (Å²) in [5, 5.41) is 4.86. The number of hydrogen-bond acceptors (Lipinski definition) is 2. The average molecular weight is 373 g/mol. The molecule has 4 heterocycles. The second-order valence-corrected chi connectivity index (χ2v) is 8.47. The van der Waals surface area contributed by atoms with Gasteiger partial charge in [-0.1, -0.05) is 19.9 Å². The number of aromatic nitrogens is 3. The molecule has 2 N–H and O–H groups in total. The van der Waals surface area contributed by atoms with E-state index in [4.69, 9.17) is 0 Å². The van der Waals surface area contributed by atoms with Gasteiger partial charge in [-0.05, 0) is 80.1 Å². The summed E-state index contributed by atoms with van der Waals surface area (Å²) in [6.45, 7) is 9.00. The number of aromatic amines is 1. The minimum absolute atomic E-state index is 0.452. The summed E-state index contributed by atoms with van der Waals surface area (Å²) < 4.78 is 2.14. The van der Waals surface area contributed by atoms with E-state index in [2.05, 4.69) is 70.8 Å². The first-order chi connectivity index (χ1) is 13.6. The van der Waals surface area contributed by atoms with Gasteiger partial charge in [0.25, 0.3) is 0 Å². The largest absolute Gasteiger partial charge is 0.354 e. The van der Waals surface area contributed by atoms with E-state index in [-0.39, 0.29) is 0 Å². The molecule has 0 bridgehead atoms. The van der Waals surface area contributed by atoms with E-state index in [9.17, 15) is 0 Å². The third-order valence-electron chi connectivity index (χ3n) is 6.25. The van der Waals surface area contributed by atoms with Crippen LogP contribution in [-0.2, 0) is 0 Å². The van der Waals surface area contributed by atoms with Gasteiger partial charge in [0.1, 0.15) is 0 Å². The molecule has 4 aromatic rings. The summed E-state index contributed by atoms with van der Waals surface area (Å²) in [5.41, 5.74) is 8.99. The number of H-pyrrole nitrogens is 1. The first-order valence-electron chi connectivity index (χ1n) is 10.4. The number of pyridine rings is 1. The van der Waals surface area contributed by atoms with Gasteiger partial charge < -0.3 is 14.7 Å². The molecule has 0 unspecified atom stereocenters. The van der Waals surface area contributed by atoms with Crippen LogP contribution in [0, 0.1) is 6.92 Å². The lowest BCUT2D eigenvalue weighted by Gasteiger charge is -2.23. The standard InChI is InChI=1S/C24H28N4/c1-15(2)23-21-12-18(17-6-8-25-9-7-17)4-5-22(21)27-24(23)19-10-16(3)28-14-26-13-20(28)11-19/h4-5,10-15,17,25,27H,6-9H2,1-3H3. The minimum atomic E-state index is 0.452. The van der Waals surface area contributed by atoms with Crippen molar-refractivity contribution in [2.45, 2.75) is 45.4 Å². The van der Waals surface area contributed by atoms with Gasteiger partial charge in [-0.2, -0.15) is 0 Å². The van der Waals surface area contributed by atoms with Gasteiger partial charge in [0, 0.05) is 22.2 Å². The lowest BCUT2D eigenvalue weighted by Crippen LogP contribution is -2.26. The molecule has 0 radical (unpaired) electrons. The highest BCUT2D eigenvalue weighted by Gasteiger charge is 2.20. The molecular formula is C24H28N4. The fraction of sp³-hybridized carbons (Fsp3) is 0.375. The van der Waals surface area contributed by atoms with Crippen LogP contribution < -0.4 is 5.32 Å². The zero-order valence-electron chi connectivity index (χ0n) is 16.9. The SMILES string of the molecule is Cc1cc(-c2[nH]c3ccc(C4CCNCC4)cc3c2C(C)C)cc2cncn12. The van der Waals surface area contributed by atoms with Crippen molar-refractivity contribution in [3.8, 4) is 11.3 Å². The second kappa shape index (κ2) is 6.78. The summed E-state index contributed by atoms with van der Waals surface area (Å²) in [6, 6.07) is 11.6. The number of piperidine rings is 1. The van der Waals surface area contributed by atoms with Crippen LogP contribution in [-0.4, -0.2) is 27.5 Å². The quantitative estimate of drug-likeness (QED) is 0.507. The molecule has 5 rings (SSSR count). The molecule has 4 heteroatoms. The van der Waals surface area contributed by atoms with Crippen molar-refractivity contribution >= 4 is 16.4 Å². The molecule has 0 amide bonds. The monoisotopic (exact) mass is 372 g/mol. The Hall–Kier alpha value is -2.59. The number of imidazole rings is 1. The van der Waals surface area contributed by atoms with E-state index in [1.165, 1.54) is 51.8 Å². The first kappa shape index (κ1) is 17.5. The van der Waals surface area contributed by atoms with E-state index >= 15 is 0 Å². The lowest BCUT2D eigenvalue weighted by molar-refractivity contribution is 0.460. The molecule has 1 aliphatic rings. The Morgan fingerprint density at radius 3 is 2.71 bits per heavy atom. The van der Waals surface area contributed by atoms with E-state index in [0.29, 0.717) is 11.8 Å². The third-order valence-corrected chi connectivity index (χ3v) is 6.25. The van der Waals surface area contributed by atoms with Crippen molar-refractivity contribution in [2.75, 3.05) is 13.1 Å². The minimum Gasteiger partial charge on any atom is -0.354 e. The number of fused-ring (bicyclic) bond motifs is 2. The number of nitrogens with one attached hydrogen (secondary N) is 2. The van der Waals surface area contributed by atoms with Gasteiger partial charge in [-0.3, -0.25) is 0 Å². The van der Waals surface area contributed by atoms with Gasteiger partial charge in [0.05, 0.1) is 23.7 Å². The van der Waals surface area contributed by atoms with Crippen LogP contribution in [0.25, 0.3) is 27.7 Å². The molecule has 1 aromatic carbocycles. The molecule has 0 saturated carbocycles. The van der Waals surface area contributed by atoms with E-state index in [1.54, 1.807) is 0 Å². The summed E-state index contributed by atoms with van der Waals surface area (Å²) in [7, 11) is 0. The highest BCUT2D eigenvalue weighted by Crippen LogP contribution is 2.38. The number of hydrogen-bond donors (Lipinski definition) is 2. The molecular weight excluding hydrogens is 344 g/mol. The molecule has 0 atom stereocenters. The van der Waals surface area contributed by atoms with Crippen molar-refractivity contribution in [1.82, 2.24) is 19.7 Å². The number of rotatable bonds is 3. The van der Waals surface area contributed by atoms with Crippen LogP contribution in [0.5, 0.6) is 0 Å². The highest BCUT2D eigenvalue weighted by molar-refractivity contribution is 5.92. The van der Waals surface area contributed by atoms with Crippen LogP contribution in [0.1, 0.15) is 55.3 Å². The Labute approximate surface area is 166 Å². The van der Waals surface area contributed by atoms with Crippen LogP contribution >= 0.6 is 0 Å².